The molecule has 0 N–H and O–H groups in total. The van der Waals surface area contributed by atoms with Crippen LogP contribution in [0.4, 0.5) is 0 Å². The van der Waals surface area contributed by atoms with Gasteiger partial charge in [0.05, 0.1) is 17.5 Å². The van der Waals surface area contributed by atoms with Crippen LogP contribution >= 0.6 is 11.8 Å². The normalized spacial score (nSPS) is 12.6. The summed E-state index contributed by atoms with van der Waals surface area (Å²) >= 11 is 1.64. The number of para-hydroxylation sites is 1. The smallest absolute Gasteiger partial charge is 0.268 e. The molecule has 5 rings (SSSR count). The molecule has 0 saturated heterocycles. The van der Waals surface area contributed by atoms with E-state index in [1.54, 1.807) is 55.4 Å². The Hall–Kier alpha value is -3.56. The van der Waals surface area contributed by atoms with Crippen molar-refractivity contribution >= 4 is 32.7 Å². The largest absolute Gasteiger partial charge is 0.497 e. The summed E-state index contributed by atoms with van der Waals surface area (Å²) in [5, 5.41) is 10.9. The predicted molar refractivity (Wildman–Crippen MR) is 143 cm³/mol. The zero-order valence-corrected chi connectivity index (χ0v) is 21.8. The van der Waals surface area contributed by atoms with Gasteiger partial charge in [0.2, 0.25) is 0 Å². The lowest BCUT2D eigenvalue weighted by Gasteiger charge is -2.13. The first-order chi connectivity index (χ1) is 17.4. The second-order valence-corrected chi connectivity index (χ2v) is 11.6. The van der Waals surface area contributed by atoms with Crippen LogP contribution in [0.3, 0.4) is 0 Å². The third kappa shape index (κ3) is 4.29. The molecule has 0 aliphatic heterocycles. The molecular weight excluding hydrogens is 492 g/mol. The molecular formula is C27H26N4O3S2. The van der Waals surface area contributed by atoms with E-state index in [4.69, 9.17) is 4.74 Å². The fourth-order valence-electron chi connectivity index (χ4n) is 3.98. The maximum atomic E-state index is 13.6. The van der Waals surface area contributed by atoms with Crippen LogP contribution in [-0.2, 0) is 10.0 Å². The molecule has 9 heteroatoms. The van der Waals surface area contributed by atoms with Gasteiger partial charge in [-0.25, -0.2) is 12.4 Å². The number of nitrogens with zero attached hydrogens (tertiary/aromatic N) is 4. The van der Waals surface area contributed by atoms with Crippen LogP contribution in [0.2, 0.25) is 0 Å². The molecule has 7 nitrogen and oxygen atoms in total. The number of methoxy groups -OCH3 is 1. The van der Waals surface area contributed by atoms with Crippen molar-refractivity contribution in [1.82, 2.24) is 18.7 Å². The first-order valence-corrected chi connectivity index (χ1v) is 13.9. The highest BCUT2D eigenvalue weighted by Crippen LogP contribution is 2.36. The van der Waals surface area contributed by atoms with Gasteiger partial charge in [-0.05, 0) is 48.9 Å². The van der Waals surface area contributed by atoms with Crippen molar-refractivity contribution in [3.63, 3.8) is 0 Å². The van der Waals surface area contributed by atoms with Crippen LogP contribution < -0.4 is 4.74 Å². The van der Waals surface area contributed by atoms with Crippen LogP contribution in [0.15, 0.2) is 95.1 Å². The fraction of sp³-hybridized carbons (Fsp3) is 0.185. The van der Waals surface area contributed by atoms with Gasteiger partial charge in [0, 0.05) is 28.1 Å². The van der Waals surface area contributed by atoms with Gasteiger partial charge >= 0.3 is 0 Å². The highest BCUT2D eigenvalue weighted by atomic mass is 32.2. The van der Waals surface area contributed by atoms with E-state index in [0.29, 0.717) is 22.2 Å². The summed E-state index contributed by atoms with van der Waals surface area (Å²) < 4.78 is 35.9. The van der Waals surface area contributed by atoms with Gasteiger partial charge in [-0.15, -0.1) is 10.2 Å². The van der Waals surface area contributed by atoms with E-state index in [1.807, 2.05) is 53.1 Å². The number of ether oxygens (including phenoxy) is 1. The van der Waals surface area contributed by atoms with Crippen LogP contribution in [0.1, 0.15) is 20.3 Å². The first-order valence-electron chi connectivity index (χ1n) is 11.6. The Morgan fingerprint density at radius 3 is 2.33 bits per heavy atom. The SMILES string of the molecule is CC[C@@H](C)Sc1nnc(-c2cn(S(=O)(=O)c3ccccc3)c3ccccc23)n1-c1ccc(OC)cc1. The van der Waals surface area contributed by atoms with Gasteiger partial charge in [-0.1, -0.05) is 62.0 Å². The number of rotatable bonds is 8. The zero-order valence-electron chi connectivity index (χ0n) is 20.2. The van der Waals surface area contributed by atoms with Crippen molar-refractivity contribution in [3.05, 3.63) is 85.1 Å². The summed E-state index contributed by atoms with van der Waals surface area (Å²) in [5.41, 5.74) is 2.13. The number of hydrogen-bond donors (Lipinski definition) is 0. The molecule has 2 aromatic heterocycles. The highest BCUT2D eigenvalue weighted by Gasteiger charge is 2.25. The number of hydrogen-bond acceptors (Lipinski definition) is 6. The molecule has 36 heavy (non-hydrogen) atoms. The summed E-state index contributed by atoms with van der Waals surface area (Å²) in [7, 11) is -2.19. The number of thioether (sulfide) groups is 1. The Kier molecular flexibility index (Phi) is 6.59. The van der Waals surface area contributed by atoms with Gasteiger partial charge in [-0.2, -0.15) is 0 Å². The van der Waals surface area contributed by atoms with Gasteiger partial charge in [0.25, 0.3) is 10.0 Å². The molecule has 184 valence electrons. The van der Waals surface area contributed by atoms with Crippen molar-refractivity contribution in [2.45, 2.75) is 35.6 Å². The van der Waals surface area contributed by atoms with Gasteiger partial charge < -0.3 is 4.74 Å². The molecule has 0 bridgehead atoms. The minimum Gasteiger partial charge on any atom is -0.497 e. The molecule has 5 aromatic rings. The quantitative estimate of drug-likeness (QED) is 0.234. The lowest BCUT2D eigenvalue weighted by Crippen LogP contribution is -2.11. The zero-order chi connectivity index (χ0) is 25.3. The summed E-state index contributed by atoms with van der Waals surface area (Å²) in [5.74, 6) is 1.32. The van der Waals surface area contributed by atoms with Crippen molar-refractivity contribution in [3.8, 4) is 22.8 Å². The standard InChI is InChI=1S/C27H26N4O3S2/c1-4-19(2)35-27-29-28-26(31(27)20-14-16-21(34-3)17-15-20)24-18-30(25-13-9-8-12-23(24)25)36(32,33)22-10-6-5-7-11-22/h5-19H,4H2,1-3H3/t19-/m1/s1. The van der Waals surface area contributed by atoms with E-state index >= 15 is 0 Å². The average molecular weight is 519 g/mol. The Balaban J connectivity index is 1.74. The second-order valence-electron chi connectivity index (χ2n) is 8.35. The molecule has 0 amide bonds. The van der Waals surface area contributed by atoms with Crippen LogP contribution in [0.25, 0.3) is 28.0 Å². The van der Waals surface area contributed by atoms with E-state index in [2.05, 4.69) is 24.0 Å². The van der Waals surface area contributed by atoms with Crippen LogP contribution in [0, 0.1) is 0 Å². The molecule has 0 spiro atoms. The monoisotopic (exact) mass is 518 g/mol. The van der Waals surface area contributed by atoms with E-state index in [9.17, 15) is 8.42 Å². The van der Waals surface area contributed by atoms with Crippen molar-refractivity contribution in [2.24, 2.45) is 0 Å². The summed E-state index contributed by atoms with van der Waals surface area (Å²) in [6.45, 7) is 4.28. The van der Waals surface area contributed by atoms with Crippen molar-refractivity contribution < 1.29 is 13.2 Å². The third-order valence-corrected chi connectivity index (χ3v) is 8.96. The molecule has 0 saturated carbocycles. The predicted octanol–water partition coefficient (Wildman–Crippen LogP) is 6.03. The van der Waals surface area contributed by atoms with Gasteiger partial charge in [0.1, 0.15) is 5.75 Å². The van der Waals surface area contributed by atoms with Crippen molar-refractivity contribution in [2.75, 3.05) is 7.11 Å². The van der Waals surface area contributed by atoms with Gasteiger partial charge in [0.15, 0.2) is 11.0 Å². The Labute approximate surface area is 214 Å². The van der Waals surface area contributed by atoms with E-state index in [1.165, 1.54) is 3.97 Å². The molecule has 1 atom stereocenters. The van der Waals surface area contributed by atoms with Crippen LogP contribution in [0.5, 0.6) is 5.75 Å². The molecule has 0 aliphatic rings. The first kappa shape index (κ1) is 24.1. The average Bonchev–Trinajstić information content (AvgIpc) is 3.51. The van der Waals surface area contributed by atoms with E-state index in [0.717, 1.165) is 28.4 Å². The molecule has 0 unspecified atom stereocenters. The van der Waals surface area contributed by atoms with Crippen LogP contribution in [-0.4, -0.2) is 39.5 Å². The third-order valence-electron chi connectivity index (χ3n) is 6.06. The Morgan fingerprint density at radius 2 is 1.64 bits per heavy atom. The van der Waals surface area contributed by atoms with E-state index < -0.39 is 10.0 Å². The van der Waals surface area contributed by atoms with E-state index in [-0.39, 0.29) is 4.90 Å². The Bertz CT molecular complexity index is 1610. The molecule has 0 fully saturated rings. The topological polar surface area (TPSA) is 79.0 Å². The lowest BCUT2D eigenvalue weighted by atomic mass is 10.1. The minimum absolute atomic E-state index is 0.224. The molecule has 0 radical (unpaired) electrons. The summed E-state index contributed by atoms with van der Waals surface area (Å²) in [6.07, 6.45) is 2.62. The highest BCUT2D eigenvalue weighted by molar-refractivity contribution is 7.99. The number of fused-ring (bicyclic) bond motifs is 1. The lowest BCUT2D eigenvalue weighted by molar-refractivity contribution is 0.414. The maximum absolute atomic E-state index is 13.6. The maximum Gasteiger partial charge on any atom is 0.268 e. The molecule has 3 aromatic carbocycles. The number of benzene rings is 3. The second kappa shape index (κ2) is 9.83. The minimum atomic E-state index is -3.82. The molecule has 2 heterocycles. The molecule has 0 aliphatic carbocycles. The van der Waals surface area contributed by atoms with Gasteiger partial charge in [-0.3, -0.25) is 4.57 Å². The fourth-order valence-corrected chi connectivity index (χ4v) is 6.28. The number of aromatic nitrogens is 4. The summed E-state index contributed by atoms with van der Waals surface area (Å²) in [4.78, 5) is 0.224. The Morgan fingerprint density at radius 1 is 0.944 bits per heavy atom. The van der Waals surface area contributed by atoms with Crippen molar-refractivity contribution in [1.29, 1.82) is 0 Å². The summed E-state index contributed by atoms with van der Waals surface area (Å²) in [6, 6.07) is 23.6.